The van der Waals surface area contributed by atoms with Gasteiger partial charge < -0.3 is 10.6 Å². The lowest BCUT2D eigenvalue weighted by Gasteiger charge is -2.24. The molecule has 1 atom stereocenters. The Hall–Kier alpha value is -1.44. The summed E-state index contributed by atoms with van der Waals surface area (Å²) in [7, 11) is -2.04. The van der Waals surface area contributed by atoms with Gasteiger partial charge in [-0.15, -0.1) is 0 Å². The minimum absolute atomic E-state index is 0.0925. The van der Waals surface area contributed by atoms with Crippen molar-refractivity contribution in [1.29, 1.82) is 0 Å². The second kappa shape index (κ2) is 7.42. The van der Waals surface area contributed by atoms with Crippen molar-refractivity contribution in [2.75, 3.05) is 20.1 Å². The molecular formula is C16H25N3O3S. The van der Waals surface area contributed by atoms with E-state index in [1.807, 2.05) is 13.8 Å². The summed E-state index contributed by atoms with van der Waals surface area (Å²) >= 11 is 0. The van der Waals surface area contributed by atoms with Crippen LogP contribution in [-0.4, -0.2) is 50.9 Å². The van der Waals surface area contributed by atoms with Gasteiger partial charge in [0.25, 0.3) is 5.91 Å². The van der Waals surface area contributed by atoms with Gasteiger partial charge >= 0.3 is 0 Å². The minimum atomic E-state index is -3.59. The molecule has 1 aliphatic heterocycles. The van der Waals surface area contributed by atoms with Crippen molar-refractivity contribution in [3.05, 3.63) is 29.8 Å². The van der Waals surface area contributed by atoms with Crippen molar-refractivity contribution < 1.29 is 13.2 Å². The first kappa shape index (κ1) is 17.9. The fraction of sp³-hybridized carbons (Fsp3) is 0.562. The smallest absolute Gasteiger partial charge is 0.251 e. The molecule has 0 spiro atoms. The third kappa shape index (κ3) is 4.31. The first-order chi connectivity index (χ1) is 10.8. The number of carbonyl (C=O) groups excluding carboxylic acids is 1. The third-order valence-corrected chi connectivity index (χ3v) is 6.16. The summed E-state index contributed by atoms with van der Waals surface area (Å²) in [5.74, 6) is -0.233. The van der Waals surface area contributed by atoms with Crippen molar-refractivity contribution in [1.82, 2.24) is 14.9 Å². The molecule has 1 fully saturated rings. The van der Waals surface area contributed by atoms with Crippen LogP contribution in [0.25, 0.3) is 0 Å². The van der Waals surface area contributed by atoms with Crippen LogP contribution in [0.4, 0.5) is 0 Å². The molecule has 6 nitrogen and oxygen atoms in total. The van der Waals surface area contributed by atoms with Gasteiger partial charge in [0.15, 0.2) is 0 Å². The van der Waals surface area contributed by atoms with Gasteiger partial charge in [-0.1, -0.05) is 6.07 Å². The number of hydrogen-bond acceptors (Lipinski definition) is 4. The highest BCUT2D eigenvalue weighted by molar-refractivity contribution is 7.89. The molecule has 0 radical (unpaired) electrons. The van der Waals surface area contributed by atoms with Gasteiger partial charge in [-0.25, -0.2) is 8.42 Å². The van der Waals surface area contributed by atoms with Crippen molar-refractivity contribution in [3.8, 4) is 0 Å². The Bertz CT molecular complexity index is 652. The molecule has 128 valence electrons. The summed E-state index contributed by atoms with van der Waals surface area (Å²) in [5, 5.41) is 6.19. The number of benzene rings is 1. The quantitative estimate of drug-likeness (QED) is 0.845. The number of piperidine rings is 1. The first-order valence-electron chi connectivity index (χ1n) is 7.92. The van der Waals surface area contributed by atoms with Crippen LogP contribution in [0.2, 0.25) is 0 Å². The lowest BCUT2D eigenvalue weighted by Crippen LogP contribution is -2.45. The van der Waals surface area contributed by atoms with Crippen LogP contribution in [0.15, 0.2) is 29.2 Å². The molecule has 1 heterocycles. The summed E-state index contributed by atoms with van der Waals surface area (Å²) in [6.07, 6.45) is 1.96. The molecule has 1 saturated heterocycles. The van der Waals surface area contributed by atoms with Gasteiger partial charge in [-0.05, 0) is 51.4 Å². The van der Waals surface area contributed by atoms with Crippen molar-refractivity contribution in [3.63, 3.8) is 0 Å². The summed E-state index contributed by atoms with van der Waals surface area (Å²) < 4.78 is 26.3. The Balaban J connectivity index is 2.17. The molecule has 1 aromatic carbocycles. The van der Waals surface area contributed by atoms with Gasteiger partial charge in [0.2, 0.25) is 10.0 Å². The average Bonchev–Trinajstić information content (AvgIpc) is 2.55. The molecule has 1 amide bonds. The SMILES string of the molecule is CC(C)N(C)S(=O)(=O)c1cccc(C(=O)N[C@H]2CCCNC2)c1. The number of sulfonamides is 1. The van der Waals surface area contributed by atoms with E-state index in [2.05, 4.69) is 10.6 Å². The Morgan fingerprint density at radius 3 is 2.74 bits per heavy atom. The molecule has 2 N–H and O–H groups in total. The van der Waals surface area contributed by atoms with Crippen molar-refractivity contribution >= 4 is 15.9 Å². The molecule has 1 aromatic rings. The predicted molar refractivity (Wildman–Crippen MR) is 89.9 cm³/mol. The van der Waals surface area contributed by atoms with Gasteiger partial charge in [0.1, 0.15) is 0 Å². The van der Waals surface area contributed by atoms with E-state index in [1.54, 1.807) is 19.2 Å². The van der Waals surface area contributed by atoms with Crippen LogP contribution < -0.4 is 10.6 Å². The minimum Gasteiger partial charge on any atom is -0.348 e. The molecule has 0 aliphatic carbocycles. The van der Waals surface area contributed by atoms with Crippen LogP contribution in [0.5, 0.6) is 0 Å². The molecular weight excluding hydrogens is 314 g/mol. The number of hydrogen-bond donors (Lipinski definition) is 2. The van der Waals surface area contributed by atoms with Crippen LogP contribution in [0, 0.1) is 0 Å². The molecule has 0 unspecified atom stereocenters. The highest BCUT2D eigenvalue weighted by atomic mass is 32.2. The standard InChI is InChI=1S/C16H25N3O3S/c1-12(2)19(3)23(21,22)15-8-4-6-13(10-15)16(20)18-14-7-5-9-17-11-14/h4,6,8,10,12,14,17H,5,7,9,11H2,1-3H3,(H,18,20)/t14-/m0/s1. The number of nitrogens with zero attached hydrogens (tertiary/aromatic N) is 1. The van der Waals surface area contributed by atoms with Gasteiger partial charge in [-0.3, -0.25) is 4.79 Å². The molecule has 1 aliphatic rings. The van der Waals surface area contributed by atoms with Crippen molar-refractivity contribution in [2.24, 2.45) is 0 Å². The Morgan fingerprint density at radius 2 is 2.13 bits per heavy atom. The molecule has 2 rings (SSSR count). The molecule has 0 saturated carbocycles. The fourth-order valence-electron chi connectivity index (χ4n) is 2.49. The Kier molecular flexibility index (Phi) is 5.78. The highest BCUT2D eigenvalue weighted by Crippen LogP contribution is 2.18. The zero-order valence-electron chi connectivity index (χ0n) is 13.9. The highest BCUT2D eigenvalue weighted by Gasteiger charge is 2.24. The van der Waals surface area contributed by atoms with E-state index in [0.29, 0.717) is 5.56 Å². The van der Waals surface area contributed by atoms with E-state index in [-0.39, 0.29) is 22.9 Å². The molecule has 0 aromatic heterocycles. The van der Waals surface area contributed by atoms with Gasteiger partial charge in [0, 0.05) is 31.2 Å². The Labute approximate surface area is 138 Å². The maximum absolute atomic E-state index is 12.5. The normalized spacial score (nSPS) is 19.1. The average molecular weight is 339 g/mol. The van der Waals surface area contributed by atoms with E-state index in [9.17, 15) is 13.2 Å². The van der Waals surface area contributed by atoms with E-state index in [1.165, 1.54) is 16.4 Å². The third-order valence-electron chi connectivity index (χ3n) is 4.13. The van der Waals surface area contributed by atoms with E-state index in [0.717, 1.165) is 25.9 Å². The fourth-order valence-corrected chi connectivity index (χ4v) is 3.90. The zero-order valence-corrected chi connectivity index (χ0v) is 14.7. The predicted octanol–water partition coefficient (Wildman–Crippen LogP) is 1.20. The molecule has 0 bridgehead atoms. The van der Waals surface area contributed by atoms with Crippen LogP contribution in [-0.2, 0) is 10.0 Å². The van der Waals surface area contributed by atoms with Crippen LogP contribution >= 0.6 is 0 Å². The van der Waals surface area contributed by atoms with E-state index in [4.69, 9.17) is 0 Å². The number of nitrogens with one attached hydrogen (secondary N) is 2. The van der Waals surface area contributed by atoms with Crippen LogP contribution in [0.1, 0.15) is 37.0 Å². The Morgan fingerprint density at radius 1 is 1.39 bits per heavy atom. The molecule has 23 heavy (non-hydrogen) atoms. The van der Waals surface area contributed by atoms with Gasteiger partial charge in [-0.2, -0.15) is 4.31 Å². The molecule has 7 heteroatoms. The first-order valence-corrected chi connectivity index (χ1v) is 9.36. The second-order valence-electron chi connectivity index (χ2n) is 6.16. The van der Waals surface area contributed by atoms with Crippen LogP contribution in [0.3, 0.4) is 0 Å². The number of amides is 1. The second-order valence-corrected chi connectivity index (χ2v) is 8.16. The summed E-state index contributed by atoms with van der Waals surface area (Å²) in [5.41, 5.74) is 0.369. The largest absolute Gasteiger partial charge is 0.348 e. The lowest BCUT2D eigenvalue weighted by molar-refractivity contribution is 0.0930. The topological polar surface area (TPSA) is 78.5 Å². The summed E-state index contributed by atoms with van der Waals surface area (Å²) in [6.45, 7) is 5.34. The van der Waals surface area contributed by atoms with Crippen molar-refractivity contribution in [2.45, 2.75) is 43.7 Å². The zero-order chi connectivity index (χ0) is 17.0. The maximum atomic E-state index is 12.5. The lowest BCUT2D eigenvalue weighted by atomic mass is 10.1. The number of carbonyl (C=O) groups is 1. The van der Waals surface area contributed by atoms with E-state index < -0.39 is 10.0 Å². The maximum Gasteiger partial charge on any atom is 0.251 e. The summed E-state index contributed by atoms with van der Waals surface area (Å²) in [4.78, 5) is 12.5. The summed E-state index contributed by atoms with van der Waals surface area (Å²) in [6, 6.07) is 6.16. The number of rotatable bonds is 5. The van der Waals surface area contributed by atoms with E-state index >= 15 is 0 Å². The monoisotopic (exact) mass is 339 g/mol. The van der Waals surface area contributed by atoms with Gasteiger partial charge in [0.05, 0.1) is 4.90 Å².